The quantitative estimate of drug-likeness (QED) is 0.555. The van der Waals surface area contributed by atoms with E-state index in [1.54, 1.807) is 0 Å². The normalized spacial score (nSPS) is 9.35. The number of aryl methyl sites for hydroxylation is 1. The Kier molecular flexibility index (Phi) is 7.62. The molecule has 0 aliphatic rings. The number of rotatable bonds is 8. The fourth-order valence-electron chi connectivity index (χ4n) is 1.95. The topological polar surface area (TPSA) is 59.6 Å². The number of allylic oxidation sites excluding steroid dienone is 1. The van der Waals surface area contributed by atoms with Crippen molar-refractivity contribution in [3.05, 3.63) is 41.6 Å². The van der Waals surface area contributed by atoms with Crippen molar-refractivity contribution in [3.8, 4) is 12.1 Å². The lowest BCUT2D eigenvalue weighted by Gasteiger charge is -2.04. The molecule has 3 nitrogen and oxygen atoms in total. The Morgan fingerprint density at radius 2 is 1.70 bits per heavy atom. The number of nitriles is 2. The summed E-state index contributed by atoms with van der Waals surface area (Å²) < 4.78 is 0. The Labute approximate surface area is 121 Å². The third-order valence-electron chi connectivity index (χ3n) is 3.15. The van der Waals surface area contributed by atoms with Crippen molar-refractivity contribution in [3.63, 3.8) is 0 Å². The van der Waals surface area contributed by atoms with Crippen LogP contribution in [0.25, 0.3) is 0 Å². The predicted octanol–water partition coefficient (Wildman–Crippen LogP) is 4.54. The number of nitrogens with zero attached hydrogens (tertiary/aromatic N) is 2. The predicted molar refractivity (Wildman–Crippen MR) is 81.8 cm³/mol. The van der Waals surface area contributed by atoms with E-state index in [0.29, 0.717) is 0 Å². The van der Waals surface area contributed by atoms with E-state index in [0.717, 1.165) is 12.1 Å². The molecule has 0 aromatic heterocycles. The highest BCUT2D eigenvalue weighted by Crippen LogP contribution is 2.13. The molecule has 0 unspecified atom stereocenters. The summed E-state index contributed by atoms with van der Waals surface area (Å²) in [6.45, 7) is 2.23. The Hall–Kier alpha value is -2.26. The second-order valence-corrected chi connectivity index (χ2v) is 4.79. The smallest absolute Gasteiger partial charge is 0.145 e. The van der Waals surface area contributed by atoms with Gasteiger partial charge >= 0.3 is 0 Å². The van der Waals surface area contributed by atoms with E-state index >= 15 is 0 Å². The van der Waals surface area contributed by atoms with Crippen molar-refractivity contribution in [2.24, 2.45) is 0 Å². The van der Waals surface area contributed by atoms with Crippen molar-refractivity contribution in [1.29, 1.82) is 10.5 Å². The van der Waals surface area contributed by atoms with Gasteiger partial charge in [0.1, 0.15) is 17.7 Å². The molecule has 1 aromatic rings. The molecule has 0 aliphatic carbocycles. The minimum absolute atomic E-state index is 0.0741. The first-order chi connectivity index (χ1) is 9.80. The lowest BCUT2D eigenvalue weighted by Crippen LogP contribution is -1.91. The van der Waals surface area contributed by atoms with Gasteiger partial charge in [-0.3, -0.25) is 0 Å². The molecule has 1 aromatic carbocycles. The maximum Gasteiger partial charge on any atom is 0.145 e. The molecule has 0 saturated carbocycles. The first-order valence-corrected chi connectivity index (χ1v) is 7.16. The van der Waals surface area contributed by atoms with Gasteiger partial charge in [0.15, 0.2) is 0 Å². The van der Waals surface area contributed by atoms with Crippen LogP contribution in [0.2, 0.25) is 0 Å². The van der Waals surface area contributed by atoms with Crippen LogP contribution >= 0.6 is 0 Å². The van der Waals surface area contributed by atoms with Crippen LogP contribution in [-0.4, -0.2) is 0 Å². The molecule has 0 amide bonds. The van der Waals surface area contributed by atoms with E-state index in [2.05, 4.69) is 24.4 Å². The highest BCUT2D eigenvalue weighted by Gasteiger charge is 1.96. The van der Waals surface area contributed by atoms with Crippen LogP contribution in [0.5, 0.6) is 0 Å². The fourth-order valence-corrected chi connectivity index (χ4v) is 1.95. The summed E-state index contributed by atoms with van der Waals surface area (Å²) in [4.78, 5) is 0. The maximum absolute atomic E-state index is 8.63. The number of anilines is 1. The Morgan fingerprint density at radius 1 is 1.05 bits per heavy atom. The zero-order valence-electron chi connectivity index (χ0n) is 12.0. The van der Waals surface area contributed by atoms with Crippen LogP contribution in [0.4, 0.5) is 5.69 Å². The number of hydrogen-bond donors (Lipinski definition) is 1. The Morgan fingerprint density at radius 3 is 2.30 bits per heavy atom. The summed E-state index contributed by atoms with van der Waals surface area (Å²) in [5.41, 5.74) is 2.30. The van der Waals surface area contributed by atoms with Crippen LogP contribution in [0.3, 0.4) is 0 Å². The van der Waals surface area contributed by atoms with Crippen molar-refractivity contribution in [1.82, 2.24) is 0 Å². The van der Waals surface area contributed by atoms with Crippen LogP contribution in [-0.2, 0) is 6.42 Å². The molecule has 0 spiro atoms. The molecule has 0 atom stereocenters. The van der Waals surface area contributed by atoms with Gasteiger partial charge in [-0.2, -0.15) is 10.5 Å². The molecular formula is C17H21N3. The van der Waals surface area contributed by atoms with E-state index in [1.807, 2.05) is 24.3 Å². The van der Waals surface area contributed by atoms with Crippen LogP contribution in [0.15, 0.2) is 36.0 Å². The molecule has 0 heterocycles. The van der Waals surface area contributed by atoms with Crippen molar-refractivity contribution >= 4 is 5.69 Å². The van der Waals surface area contributed by atoms with Gasteiger partial charge in [0.2, 0.25) is 0 Å². The summed E-state index contributed by atoms with van der Waals surface area (Å²) in [5, 5.41) is 20.2. The zero-order chi connectivity index (χ0) is 14.6. The van der Waals surface area contributed by atoms with Gasteiger partial charge in [-0.05, 0) is 30.5 Å². The van der Waals surface area contributed by atoms with Gasteiger partial charge < -0.3 is 5.32 Å². The van der Waals surface area contributed by atoms with Gasteiger partial charge in [0.05, 0.1) is 0 Å². The highest BCUT2D eigenvalue weighted by atomic mass is 14.8. The van der Waals surface area contributed by atoms with Gasteiger partial charge in [-0.15, -0.1) is 0 Å². The molecule has 1 N–H and O–H groups in total. The van der Waals surface area contributed by atoms with Gasteiger partial charge in [0.25, 0.3) is 0 Å². The summed E-state index contributed by atoms with van der Waals surface area (Å²) >= 11 is 0. The maximum atomic E-state index is 8.63. The average molecular weight is 267 g/mol. The largest absolute Gasteiger partial charge is 0.360 e. The van der Waals surface area contributed by atoms with Gasteiger partial charge in [-0.25, -0.2) is 0 Å². The molecule has 0 saturated heterocycles. The SMILES string of the molecule is CCCCCCCc1ccc(NC=C(C#N)C#N)cc1. The highest BCUT2D eigenvalue weighted by molar-refractivity contribution is 5.50. The first-order valence-electron chi connectivity index (χ1n) is 7.16. The molecule has 0 bridgehead atoms. The fraction of sp³-hybridized carbons (Fsp3) is 0.412. The van der Waals surface area contributed by atoms with Crippen molar-refractivity contribution in [2.75, 3.05) is 5.32 Å². The molecule has 1 rings (SSSR count). The van der Waals surface area contributed by atoms with Crippen LogP contribution < -0.4 is 5.32 Å². The van der Waals surface area contributed by atoms with E-state index in [9.17, 15) is 0 Å². The minimum Gasteiger partial charge on any atom is -0.360 e. The minimum atomic E-state index is 0.0741. The molecule has 20 heavy (non-hydrogen) atoms. The van der Waals surface area contributed by atoms with Crippen molar-refractivity contribution in [2.45, 2.75) is 45.4 Å². The number of nitrogens with one attached hydrogen (secondary N) is 1. The number of benzene rings is 1. The first kappa shape index (κ1) is 15.8. The molecular weight excluding hydrogens is 246 g/mol. The molecule has 104 valence electrons. The summed E-state index contributed by atoms with van der Waals surface area (Å²) in [6, 6.07) is 11.8. The summed E-state index contributed by atoms with van der Waals surface area (Å²) in [6.07, 6.45) is 9.01. The van der Waals surface area contributed by atoms with E-state index in [-0.39, 0.29) is 5.57 Å². The summed E-state index contributed by atoms with van der Waals surface area (Å²) in [5.74, 6) is 0. The number of unbranched alkanes of at least 4 members (excludes halogenated alkanes) is 4. The van der Waals surface area contributed by atoms with Crippen LogP contribution in [0, 0.1) is 22.7 Å². The lowest BCUT2D eigenvalue weighted by molar-refractivity contribution is 0.632. The molecule has 0 fully saturated rings. The van der Waals surface area contributed by atoms with Crippen molar-refractivity contribution < 1.29 is 0 Å². The van der Waals surface area contributed by atoms with E-state index in [1.165, 1.54) is 43.9 Å². The Balaban J connectivity index is 2.39. The Bertz CT molecular complexity index is 485. The van der Waals surface area contributed by atoms with Gasteiger partial charge in [0, 0.05) is 11.9 Å². The van der Waals surface area contributed by atoms with E-state index in [4.69, 9.17) is 10.5 Å². The monoisotopic (exact) mass is 267 g/mol. The molecule has 0 aliphatic heterocycles. The average Bonchev–Trinajstić information content (AvgIpc) is 2.49. The zero-order valence-corrected chi connectivity index (χ0v) is 12.0. The number of hydrogen-bond acceptors (Lipinski definition) is 3. The third kappa shape index (κ3) is 6.07. The molecule has 3 heteroatoms. The van der Waals surface area contributed by atoms with Crippen LogP contribution in [0.1, 0.15) is 44.6 Å². The standard InChI is InChI=1S/C17H21N3/c1-2-3-4-5-6-7-15-8-10-17(11-9-15)20-14-16(12-18)13-19/h8-11,14,20H,2-7H2,1H3. The third-order valence-corrected chi connectivity index (χ3v) is 3.15. The lowest BCUT2D eigenvalue weighted by atomic mass is 10.1. The van der Waals surface area contributed by atoms with E-state index < -0.39 is 0 Å². The summed E-state index contributed by atoms with van der Waals surface area (Å²) in [7, 11) is 0. The van der Waals surface area contributed by atoms with Gasteiger partial charge in [-0.1, -0.05) is 44.7 Å². The second kappa shape index (κ2) is 9.64. The molecule has 0 radical (unpaired) electrons. The second-order valence-electron chi connectivity index (χ2n) is 4.79.